The van der Waals surface area contributed by atoms with Crippen LogP contribution in [0.1, 0.15) is 19.4 Å². The predicted molar refractivity (Wildman–Crippen MR) is 147 cm³/mol. The lowest BCUT2D eigenvalue weighted by Gasteiger charge is -2.17. The standard InChI is InChI=1S/C28H24BrN3O5/c1-16(2)36-26-23(34-3)11-17(12-24(26)35-4)15-30-32-27(31-21-8-6-5-7-20(21)28(32)33)25-14-18-13-19(29)9-10-22(18)37-25/h5-16H,1-4H3. The van der Waals surface area contributed by atoms with Crippen LogP contribution < -0.4 is 19.8 Å². The van der Waals surface area contributed by atoms with Gasteiger partial charge in [-0.25, -0.2) is 4.98 Å². The largest absolute Gasteiger partial charge is 0.493 e. The normalized spacial score (nSPS) is 11.6. The van der Waals surface area contributed by atoms with Crippen LogP contribution in [-0.2, 0) is 0 Å². The lowest BCUT2D eigenvalue weighted by Crippen LogP contribution is -2.20. The average Bonchev–Trinajstić information content (AvgIpc) is 3.31. The molecule has 0 saturated carbocycles. The van der Waals surface area contributed by atoms with E-state index < -0.39 is 0 Å². The Morgan fingerprint density at radius 3 is 2.46 bits per heavy atom. The molecular formula is C28H24BrN3O5. The number of hydrogen-bond donors (Lipinski definition) is 0. The smallest absolute Gasteiger partial charge is 0.282 e. The fourth-order valence-corrected chi connectivity index (χ4v) is 4.34. The molecule has 0 spiro atoms. The molecule has 2 heterocycles. The number of benzene rings is 3. The minimum Gasteiger partial charge on any atom is -0.493 e. The van der Waals surface area contributed by atoms with Gasteiger partial charge in [-0.2, -0.15) is 9.78 Å². The van der Waals surface area contributed by atoms with Crippen molar-refractivity contribution in [2.24, 2.45) is 5.10 Å². The molecule has 0 unspecified atom stereocenters. The van der Waals surface area contributed by atoms with Gasteiger partial charge in [-0.3, -0.25) is 4.79 Å². The number of methoxy groups -OCH3 is 2. The van der Waals surface area contributed by atoms with Gasteiger partial charge in [-0.1, -0.05) is 28.1 Å². The van der Waals surface area contributed by atoms with Gasteiger partial charge in [-0.15, -0.1) is 0 Å². The Hall–Kier alpha value is -4.11. The van der Waals surface area contributed by atoms with E-state index in [2.05, 4.69) is 21.0 Å². The van der Waals surface area contributed by atoms with Gasteiger partial charge in [0.1, 0.15) is 5.58 Å². The van der Waals surface area contributed by atoms with E-state index in [1.807, 2.05) is 44.2 Å². The van der Waals surface area contributed by atoms with E-state index in [0.29, 0.717) is 45.1 Å². The molecule has 0 aliphatic heterocycles. The zero-order valence-electron chi connectivity index (χ0n) is 20.7. The number of nitrogens with zero attached hydrogens (tertiary/aromatic N) is 3. The van der Waals surface area contributed by atoms with Crippen molar-refractivity contribution >= 4 is 44.0 Å². The molecular weight excluding hydrogens is 538 g/mol. The third-order valence-electron chi connectivity index (χ3n) is 5.61. The number of furan rings is 1. The van der Waals surface area contributed by atoms with E-state index in [4.69, 9.17) is 23.6 Å². The molecule has 2 aromatic heterocycles. The van der Waals surface area contributed by atoms with Gasteiger partial charge in [0.25, 0.3) is 5.56 Å². The highest BCUT2D eigenvalue weighted by Crippen LogP contribution is 2.39. The summed E-state index contributed by atoms with van der Waals surface area (Å²) >= 11 is 3.48. The van der Waals surface area contributed by atoms with Crippen LogP contribution in [0.3, 0.4) is 0 Å². The summed E-state index contributed by atoms with van der Waals surface area (Å²) in [5.74, 6) is 2.17. The van der Waals surface area contributed by atoms with Gasteiger partial charge in [0.05, 0.1) is 37.4 Å². The summed E-state index contributed by atoms with van der Waals surface area (Å²) in [5.41, 5.74) is 1.54. The fourth-order valence-electron chi connectivity index (χ4n) is 3.97. The summed E-state index contributed by atoms with van der Waals surface area (Å²) in [5, 5.41) is 5.84. The van der Waals surface area contributed by atoms with Crippen LogP contribution >= 0.6 is 15.9 Å². The predicted octanol–water partition coefficient (Wildman–Crippen LogP) is 6.26. The molecule has 5 rings (SSSR count). The quantitative estimate of drug-likeness (QED) is 0.218. The second-order valence-electron chi connectivity index (χ2n) is 8.53. The van der Waals surface area contributed by atoms with Gasteiger partial charge in [-0.05, 0) is 62.4 Å². The van der Waals surface area contributed by atoms with Crippen LogP contribution in [-0.4, -0.2) is 36.2 Å². The van der Waals surface area contributed by atoms with E-state index in [-0.39, 0.29) is 17.5 Å². The number of halogens is 1. The van der Waals surface area contributed by atoms with Crippen LogP contribution in [0.2, 0.25) is 0 Å². The molecule has 0 fully saturated rings. The summed E-state index contributed by atoms with van der Waals surface area (Å²) in [6, 6.07) is 18.2. The van der Waals surface area contributed by atoms with Crippen molar-refractivity contribution in [3.63, 3.8) is 0 Å². The first kappa shape index (κ1) is 24.6. The van der Waals surface area contributed by atoms with Gasteiger partial charge < -0.3 is 18.6 Å². The zero-order valence-corrected chi connectivity index (χ0v) is 22.3. The Morgan fingerprint density at radius 1 is 1.03 bits per heavy atom. The lowest BCUT2D eigenvalue weighted by atomic mass is 10.2. The number of para-hydroxylation sites is 1. The molecule has 0 aliphatic carbocycles. The molecule has 0 aliphatic rings. The maximum absolute atomic E-state index is 13.5. The monoisotopic (exact) mass is 561 g/mol. The van der Waals surface area contributed by atoms with Crippen molar-refractivity contribution in [3.8, 4) is 28.8 Å². The maximum Gasteiger partial charge on any atom is 0.282 e. The zero-order chi connectivity index (χ0) is 26.1. The van der Waals surface area contributed by atoms with Crippen molar-refractivity contribution in [2.75, 3.05) is 14.2 Å². The summed E-state index contributed by atoms with van der Waals surface area (Å²) < 4.78 is 25.2. The van der Waals surface area contributed by atoms with Crippen molar-refractivity contribution in [1.82, 2.24) is 9.66 Å². The molecule has 3 aromatic carbocycles. The van der Waals surface area contributed by atoms with E-state index in [1.165, 1.54) is 4.68 Å². The van der Waals surface area contributed by atoms with Gasteiger partial charge in [0.2, 0.25) is 11.6 Å². The molecule has 0 N–H and O–H groups in total. The summed E-state index contributed by atoms with van der Waals surface area (Å²) in [4.78, 5) is 18.3. The third kappa shape index (κ3) is 4.82. The SMILES string of the molecule is COc1cc(C=Nn2c(-c3cc4cc(Br)ccc4o3)nc3ccccc3c2=O)cc(OC)c1OC(C)C. The molecule has 0 atom stereocenters. The molecule has 8 nitrogen and oxygen atoms in total. The second-order valence-corrected chi connectivity index (χ2v) is 9.44. The Labute approximate surface area is 221 Å². The number of aromatic nitrogens is 2. The Bertz CT molecular complexity index is 1680. The molecule has 0 radical (unpaired) electrons. The summed E-state index contributed by atoms with van der Waals surface area (Å²) in [6.07, 6.45) is 1.47. The molecule has 37 heavy (non-hydrogen) atoms. The minimum atomic E-state index is -0.322. The van der Waals surface area contributed by atoms with Gasteiger partial charge in [0, 0.05) is 15.4 Å². The van der Waals surface area contributed by atoms with Gasteiger partial charge in [0.15, 0.2) is 17.3 Å². The van der Waals surface area contributed by atoms with Crippen molar-refractivity contribution in [2.45, 2.75) is 20.0 Å². The Kier molecular flexibility index (Phi) is 6.71. The molecule has 188 valence electrons. The first-order valence-electron chi connectivity index (χ1n) is 11.6. The van der Waals surface area contributed by atoms with Crippen LogP contribution in [0.4, 0.5) is 0 Å². The van der Waals surface area contributed by atoms with Crippen molar-refractivity contribution < 1.29 is 18.6 Å². The molecule has 0 saturated heterocycles. The van der Waals surface area contributed by atoms with Gasteiger partial charge >= 0.3 is 0 Å². The second kappa shape index (κ2) is 10.1. The Balaban J connectivity index is 1.67. The van der Waals surface area contributed by atoms with Crippen molar-refractivity contribution in [3.05, 3.63) is 81.1 Å². The van der Waals surface area contributed by atoms with Crippen molar-refractivity contribution in [1.29, 1.82) is 0 Å². The highest BCUT2D eigenvalue weighted by Gasteiger charge is 2.18. The summed E-state index contributed by atoms with van der Waals surface area (Å²) in [6.45, 7) is 3.84. The van der Waals surface area contributed by atoms with Crippen LogP contribution in [0, 0.1) is 0 Å². The molecule has 9 heteroatoms. The Morgan fingerprint density at radius 2 is 1.76 bits per heavy atom. The number of hydrogen-bond acceptors (Lipinski definition) is 7. The number of ether oxygens (including phenoxy) is 3. The first-order valence-corrected chi connectivity index (χ1v) is 12.4. The van der Waals surface area contributed by atoms with Crippen LogP contribution in [0.5, 0.6) is 17.2 Å². The van der Waals surface area contributed by atoms with E-state index in [1.54, 1.807) is 50.8 Å². The maximum atomic E-state index is 13.5. The average molecular weight is 562 g/mol. The topological polar surface area (TPSA) is 88.1 Å². The highest BCUT2D eigenvalue weighted by molar-refractivity contribution is 9.10. The van der Waals surface area contributed by atoms with E-state index >= 15 is 0 Å². The third-order valence-corrected chi connectivity index (χ3v) is 6.10. The summed E-state index contributed by atoms with van der Waals surface area (Å²) in [7, 11) is 3.11. The molecule has 5 aromatic rings. The minimum absolute atomic E-state index is 0.0726. The number of fused-ring (bicyclic) bond motifs is 2. The fraction of sp³-hybridized carbons (Fsp3) is 0.179. The highest BCUT2D eigenvalue weighted by atomic mass is 79.9. The van der Waals surface area contributed by atoms with Crippen LogP contribution in [0.15, 0.2) is 79.4 Å². The van der Waals surface area contributed by atoms with Crippen LogP contribution in [0.25, 0.3) is 33.5 Å². The molecule has 0 bridgehead atoms. The van der Waals surface area contributed by atoms with E-state index in [0.717, 1.165) is 9.86 Å². The first-order chi connectivity index (χ1) is 17.9. The van der Waals surface area contributed by atoms with E-state index in [9.17, 15) is 4.79 Å². The molecule has 0 amide bonds. The number of rotatable bonds is 7. The lowest BCUT2D eigenvalue weighted by molar-refractivity contribution is 0.218.